The second-order valence-corrected chi connectivity index (χ2v) is 8.60. The van der Waals surface area contributed by atoms with Gasteiger partial charge in [0.15, 0.2) is 11.5 Å². The van der Waals surface area contributed by atoms with Crippen LogP contribution in [0.1, 0.15) is 53.5 Å². The topological polar surface area (TPSA) is 79.0 Å². The Morgan fingerprint density at radius 2 is 1.72 bits per heavy atom. The minimum Gasteiger partial charge on any atom is -0.494 e. The number of anilines is 2. The van der Waals surface area contributed by atoms with Crippen LogP contribution in [0.4, 0.5) is 11.4 Å². The Kier molecular flexibility index (Phi) is 7.22. The van der Waals surface area contributed by atoms with Crippen molar-refractivity contribution in [3.8, 4) is 5.75 Å². The summed E-state index contributed by atoms with van der Waals surface area (Å²) in [4.78, 5) is 11.7. The van der Waals surface area contributed by atoms with Crippen LogP contribution >= 0.6 is 0 Å². The Balaban J connectivity index is 1.29. The Labute approximate surface area is 189 Å². The van der Waals surface area contributed by atoms with Gasteiger partial charge in [-0.2, -0.15) is 5.10 Å². The van der Waals surface area contributed by atoms with Gasteiger partial charge < -0.3 is 15.4 Å². The van der Waals surface area contributed by atoms with Gasteiger partial charge in [-0.1, -0.05) is 24.3 Å². The number of hydrogen-bond acceptors (Lipinski definition) is 5. The number of ketones is 1. The highest BCUT2D eigenvalue weighted by Crippen LogP contribution is 2.24. The van der Waals surface area contributed by atoms with Gasteiger partial charge in [0.05, 0.1) is 18.0 Å². The Hall–Kier alpha value is -3.12. The summed E-state index contributed by atoms with van der Waals surface area (Å²) in [5.41, 5.74) is 5.42. The molecule has 0 unspecified atom stereocenters. The van der Waals surface area contributed by atoms with Gasteiger partial charge in [0.2, 0.25) is 0 Å². The number of rotatable bonds is 9. The van der Waals surface area contributed by atoms with Crippen LogP contribution < -0.4 is 15.4 Å². The maximum atomic E-state index is 11.7. The zero-order chi connectivity index (χ0) is 22.3. The molecule has 0 spiro atoms. The molecule has 0 atom stereocenters. The lowest BCUT2D eigenvalue weighted by molar-refractivity contribution is 0.101. The van der Waals surface area contributed by atoms with Crippen molar-refractivity contribution in [1.29, 1.82) is 0 Å². The van der Waals surface area contributed by atoms with E-state index in [1.54, 1.807) is 0 Å². The van der Waals surface area contributed by atoms with Gasteiger partial charge in [-0.3, -0.25) is 9.89 Å². The van der Waals surface area contributed by atoms with Gasteiger partial charge in [0, 0.05) is 12.6 Å². The summed E-state index contributed by atoms with van der Waals surface area (Å²) in [7, 11) is 0. The van der Waals surface area contributed by atoms with Crippen LogP contribution in [0.2, 0.25) is 0 Å². The predicted molar refractivity (Wildman–Crippen MR) is 128 cm³/mol. The fourth-order valence-corrected chi connectivity index (χ4v) is 4.14. The second-order valence-electron chi connectivity index (χ2n) is 8.60. The first kappa shape index (κ1) is 22.1. The van der Waals surface area contributed by atoms with Crippen LogP contribution in [0.5, 0.6) is 5.75 Å². The highest BCUT2D eigenvalue weighted by Gasteiger charge is 2.14. The van der Waals surface area contributed by atoms with Crippen molar-refractivity contribution in [2.45, 2.75) is 39.5 Å². The molecule has 1 aliphatic rings. The molecule has 2 heterocycles. The molecule has 1 aromatic heterocycles. The van der Waals surface area contributed by atoms with Gasteiger partial charge >= 0.3 is 0 Å². The standard InChI is InChI=1S/C26H32N4O2/c1-18-25(26(19(2)31)30-29-18)28-23-7-3-21(4-8-23)17-22-5-9-24(10-6-22)32-16-13-20-11-14-27-15-12-20/h3-10,20,27-28H,11-17H2,1-2H3,(H,29,30). The average molecular weight is 433 g/mol. The number of benzene rings is 2. The van der Waals surface area contributed by atoms with E-state index < -0.39 is 0 Å². The van der Waals surface area contributed by atoms with Crippen molar-refractivity contribution >= 4 is 17.2 Å². The third-order valence-corrected chi connectivity index (χ3v) is 6.09. The van der Waals surface area contributed by atoms with Crippen LogP contribution in [-0.4, -0.2) is 35.7 Å². The lowest BCUT2D eigenvalue weighted by Crippen LogP contribution is -2.28. The second kappa shape index (κ2) is 10.5. The van der Waals surface area contributed by atoms with Gasteiger partial charge in [0.25, 0.3) is 0 Å². The SMILES string of the molecule is CC(=O)c1n[nH]c(C)c1Nc1ccc(Cc2ccc(OCCC3CCNCC3)cc2)cc1. The van der Waals surface area contributed by atoms with E-state index in [1.807, 2.05) is 19.1 Å². The molecule has 0 saturated carbocycles. The number of Topliss-reactive ketones (excluding diaryl/α,β-unsaturated/α-hetero) is 1. The molecule has 0 radical (unpaired) electrons. The van der Waals surface area contributed by atoms with Crippen molar-refractivity contribution in [1.82, 2.24) is 15.5 Å². The molecule has 168 valence electrons. The monoisotopic (exact) mass is 432 g/mol. The summed E-state index contributed by atoms with van der Waals surface area (Å²) in [5, 5.41) is 13.7. The molecule has 0 amide bonds. The lowest BCUT2D eigenvalue weighted by Gasteiger charge is -2.22. The summed E-state index contributed by atoms with van der Waals surface area (Å²) < 4.78 is 5.96. The maximum Gasteiger partial charge on any atom is 0.182 e. The molecule has 2 aromatic carbocycles. The first-order chi connectivity index (χ1) is 15.6. The van der Waals surface area contributed by atoms with Crippen LogP contribution in [0.15, 0.2) is 48.5 Å². The number of carbonyl (C=O) groups excluding carboxylic acids is 1. The molecule has 6 nitrogen and oxygen atoms in total. The third-order valence-electron chi connectivity index (χ3n) is 6.09. The van der Waals surface area contributed by atoms with Crippen molar-refractivity contribution in [3.63, 3.8) is 0 Å². The Morgan fingerprint density at radius 3 is 2.38 bits per heavy atom. The molecule has 1 fully saturated rings. The fraction of sp³-hybridized carbons (Fsp3) is 0.385. The molecule has 4 rings (SSSR count). The van der Waals surface area contributed by atoms with E-state index in [0.29, 0.717) is 5.69 Å². The number of aryl methyl sites for hydroxylation is 1. The van der Waals surface area contributed by atoms with Crippen LogP contribution in [0.3, 0.4) is 0 Å². The summed E-state index contributed by atoms with van der Waals surface area (Å²) in [6.45, 7) is 6.49. The van der Waals surface area contributed by atoms with Crippen molar-refractivity contribution < 1.29 is 9.53 Å². The number of nitrogens with one attached hydrogen (secondary N) is 3. The van der Waals surface area contributed by atoms with Crippen molar-refractivity contribution in [2.75, 3.05) is 25.0 Å². The first-order valence-electron chi connectivity index (χ1n) is 11.4. The number of carbonyl (C=O) groups is 1. The Morgan fingerprint density at radius 1 is 1.06 bits per heavy atom. The molecule has 32 heavy (non-hydrogen) atoms. The average Bonchev–Trinajstić information content (AvgIpc) is 3.17. The normalized spacial score (nSPS) is 14.3. The Bertz CT molecular complexity index is 1020. The van der Waals surface area contributed by atoms with Gasteiger partial charge in [-0.25, -0.2) is 0 Å². The molecule has 3 aromatic rings. The summed E-state index contributed by atoms with van der Waals surface area (Å²) in [6.07, 6.45) is 4.52. The number of nitrogens with zero attached hydrogens (tertiary/aromatic N) is 1. The number of H-pyrrole nitrogens is 1. The summed E-state index contributed by atoms with van der Waals surface area (Å²) in [5.74, 6) is 1.67. The van der Waals surface area contributed by atoms with Crippen LogP contribution in [0.25, 0.3) is 0 Å². The first-order valence-corrected chi connectivity index (χ1v) is 11.4. The number of ether oxygens (including phenoxy) is 1. The summed E-state index contributed by atoms with van der Waals surface area (Å²) >= 11 is 0. The number of aromatic amines is 1. The molecule has 3 N–H and O–H groups in total. The highest BCUT2D eigenvalue weighted by molar-refractivity contribution is 5.98. The van der Waals surface area contributed by atoms with E-state index in [9.17, 15) is 4.79 Å². The fourth-order valence-electron chi connectivity index (χ4n) is 4.14. The summed E-state index contributed by atoms with van der Waals surface area (Å²) in [6, 6.07) is 16.7. The van der Waals surface area contributed by atoms with Gasteiger partial charge in [-0.15, -0.1) is 0 Å². The van der Waals surface area contributed by atoms with Crippen molar-refractivity contribution in [2.24, 2.45) is 5.92 Å². The molecular weight excluding hydrogens is 400 g/mol. The third kappa shape index (κ3) is 5.77. The molecular formula is C26H32N4O2. The maximum absolute atomic E-state index is 11.7. The van der Waals surface area contributed by atoms with E-state index in [4.69, 9.17) is 4.74 Å². The molecule has 0 aliphatic carbocycles. The molecule has 1 aliphatic heterocycles. The number of aromatic nitrogens is 2. The molecule has 0 bridgehead atoms. The lowest BCUT2D eigenvalue weighted by atomic mass is 9.95. The van der Waals surface area contributed by atoms with E-state index in [1.165, 1.54) is 30.9 Å². The van der Waals surface area contributed by atoms with E-state index in [0.717, 1.165) is 61.3 Å². The predicted octanol–water partition coefficient (Wildman–Crippen LogP) is 5.02. The van der Waals surface area contributed by atoms with E-state index in [-0.39, 0.29) is 5.78 Å². The van der Waals surface area contributed by atoms with Gasteiger partial charge in [0.1, 0.15) is 5.75 Å². The smallest absolute Gasteiger partial charge is 0.182 e. The zero-order valence-electron chi connectivity index (χ0n) is 18.9. The quantitative estimate of drug-likeness (QED) is 0.414. The van der Waals surface area contributed by atoms with Crippen LogP contribution in [0, 0.1) is 12.8 Å². The minimum atomic E-state index is -0.0628. The largest absolute Gasteiger partial charge is 0.494 e. The van der Waals surface area contributed by atoms with E-state index >= 15 is 0 Å². The molecule has 1 saturated heterocycles. The van der Waals surface area contributed by atoms with Gasteiger partial charge in [-0.05, 0) is 87.0 Å². The minimum absolute atomic E-state index is 0.0628. The highest BCUT2D eigenvalue weighted by atomic mass is 16.5. The number of piperidine rings is 1. The van der Waals surface area contributed by atoms with E-state index in [2.05, 4.69) is 57.2 Å². The van der Waals surface area contributed by atoms with Crippen molar-refractivity contribution in [3.05, 3.63) is 71.0 Å². The number of hydrogen-bond donors (Lipinski definition) is 3. The van der Waals surface area contributed by atoms with Crippen LogP contribution in [-0.2, 0) is 6.42 Å². The molecule has 6 heteroatoms. The zero-order valence-corrected chi connectivity index (χ0v) is 18.9.